The van der Waals surface area contributed by atoms with Crippen LogP contribution in [0.4, 0.5) is 9.59 Å². The van der Waals surface area contributed by atoms with Crippen LogP contribution in [0, 0.1) is 23.2 Å². The first-order valence-corrected chi connectivity index (χ1v) is 18.8. The molecule has 0 aromatic heterocycles. The van der Waals surface area contributed by atoms with Crippen LogP contribution >= 0.6 is 0 Å². The second-order valence-electron chi connectivity index (χ2n) is 16.6. The molecule has 4 fully saturated rings. The van der Waals surface area contributed by atoms with Gasteiger partial charge in [0.15, 0.2) is 11.6 Å². The molecule has 8 rings (SSSR count). The van der Waals surface area contributed by atoms with Crippen LogP contribution < -0.4 is 0 Å². The number of hydrogen-bond acceptors (Lipinski definition) is 6. The van der Waals surface area contributed by atoms with Crippen molar-refractivity contribution in [2.75, 3.05) is 27.2 Å². The molecule has 2 aromatic carbocycles. The number of imide groups is 2. The van der Waals surface area contributed by atoms with Crippen molar-refractivity contribution in [3.8, 4) is 11.1 Å². The van der Waals surface area contributed by atoms with E-state index in [1.807, 2.05) is 19.1 Å². The van der Waals surface area contributed by atoms with Crippen molar-refractivity contribution in [1.29, 1.82) is 0 Å². The number of Topliss-reactive ketones (excluding diaryl/α,β-unsaturated/α-hetero) is 2. The van der Waals surface area contributed by atoms with Crippen LogP contribution in [-0.4, -0.2) is 93.3 Å². The fourth-order valence-corrected chi connectivity index (χ4v) is 9.74. The van der Waals surface area contributed by atoms with Gasteiger partial charge in [-0.2, -0.15) is 0 Å². The molecule has 4 atom stereocenters. The molecule has 10 nitrogen and oxygen atoms in total. The number of likely N-dealkylation sites (N-methyl/N-ethyl adjacent to an activating group) is 2. The summed E-state index contributed by atoms with van der Waals surface area (Å²) in [5.74, 6) is -0.579. The summed E-state index contributed by atoms with van der Waals surface area (Å²) < 4.78 is 0. The van der Waals surface area contributed by atoms with Gasteiger partial charge in [-0.25, -0.2) is 9.59 Å². The second-order valence-corrected chi connectivity index (χ2v) is 16.6. The number of rotatable bonds is 9. The average molecular weight is 707 g/mol. The first kappa shape index (κ1) is 35.8. The van der Waals surface area contributed by atoms with Crippen molar-refractivity contribution in [1.82, 2.24) is 19.6 Å². The van der Waals surface area contributed by atoms with Crippen LogP contribution in [0.2, 0.25) is 0 Å². The Morgan fingerprint density at radius 1 is 0.692 bits per heavy atom. The number of nitrogens with zero attached hydrogens (tertiary/aromatic N) is 4. The summed E-state index contributed by atoms with van der Waals surface area (Å²) in [5, 5.41) is 0. The van der Waals surface area contributed by atoms with Crippen molar-refractivity contribution in [3.63, 3.8) is 0 Å². The molecular formula is C42H50N4O6. The quantitative estimate of drug-likeness (QED) is 0.120. The molecule has 2 bridgehead atoms. The van der Waals surface area contributed by atoms with E-state index in [0.717, 1.165) is 66.7 Å². The maximum atomic E-state index is 14.0. The molecule has 2 aromatic rings. The maximum absolute atomic E-state index is 14.0. The summed E-state index contributed by atoms with van der Waals surface area (Å²) in [6.07, 6.45) is 10.1. The van der Waals surface area contributed by atoms with E-state index in [0.29, 0.717) is 28.2 Å². The van der Waals surface area contributed by atoms with Gasteiger partial charge in [-0.15, -0.1) is 0 Å². The number of benzene rings is 2. The molecule has 0 radical (unpaired) electrons. The van der Waals surface area contributed by atoms with Gasteiger partial charge >= 0.3 is 12.1 Å². The Labute approximate surface area is 306 Å². The summed E-state index contributed by atoms with van der Waals surface area (Å²) in [6, 6.07) is 12.9. The number of ketones is 2. The van der Waals surface area contributed by atoms with E-state index in [9.17, 15) is 28.8 Å². The van der Waals surface area contributed by atoms with Crippen LogP contribution in [0.1, 0.15) is 99.8 Å². The van der Waals surface area contributed by atoms with Gasteiger partial charge in [-0.05, 0) is 91.5 Å². The van der Waals surface area contributed by atoms with Crippen LogP contribution in [0.25, 0.3) is 11.1 Å². The van der Waals surface area contributed by atoms with Gasteiger partial charge in [0, 0.05) is 25.2 Å². The van der Waals surface area contributed by atoms with Gasteiger partial charge in [0.05, 0.1) is 13.1 Å². The van der Waals surface area contributed by atoms with Crippen molar-refractivity contribution < 1.29 is 28.8 Å². The SMILES string of the molecule is CN1C(=O)N(CC(=O)c2cccc(-c3cccc(C(=O)CN4C(=O)N(C)C(C)(C5CCCCCC5)C4=O)c3)c2)C(=O)C1(C)C1=CCC2CC1C2(C)C. The van der Waals surface area contributed by atoms with E-state index in [2.05, 4.69) is 19.9 Å². The summed E-state index contributed by atoms with van der Waals surface area (Å²) in [5.41, 5.74) is 0.959. The highest BCUT2D eigenvalue weighted by Crippen LogP contribution is 2.62. The smallest absolute Gasteiger partial charge is 0.313 e. The van der Waals surface area contributed by atoms with Crippen molar-refractivity contribution in [2.45, 2.75) is 90.1 Å². The van der Waals surface area contributed by atoms with E-state index < -0.39 is 23.1 Å². The minimum absolute atomic E-state index is 0.0501. The Hall–Kier alpha value is -4.60. The maximum Gasteiger partial charge on any atom is 0.328 e. The average Bonchev–Trinajstić information content (AvgIpc) is 3.35. The highest BCUT2D eigenvalue weighted by molar-refractivity contribution is 6.13. The standard InChI is InChI=1S/C42H50N4O6/c1-40(2)31-19-20-32(33(40)23-31)42(4)37(50)46(39(52)44(42)6)25-35(48)29-16-12-14-27(22-29)26-13-11-15-28(21-26)34(47)24-45-36(49)41(3,43(5)38(45)51)30-17-9-7-8-10-18-30/h11-16,20-22,30-31,33H,7-10,17-19,23-25H2,1-6H3. The third kappa shape index (κ3) is 5.35. The Balaban J connectivity index is 1.06. The van der Waals surface area contributed by atoms with Crippen LogP contribution in [0.3, 0.4) is 0 Å². The molecule has 52 heavy (non-hydrogen) atoms. The molecule has 4 aliphatic carbocycles. The zero-order chi connectivity index (χ0) is 37.3. The Kier molecular flexibility index (Phi) is 8.82. The predicted octanol–water partition coefficient (Wildman–Crippen LogP) is 6.99. The number of carbonyl (C=O) groups excluding carboxylic acids is 6. The molecule has 0 spiro atoms. The van der Waals surface area contributed by atoms with E-state index in [1.54, 1.807) is 57.4 Å². The van der Waals surface area contributed by atoms with Gasteiger partial charge in [0.2, 0.25) is 0 Å². The summed E-state index contributed by atoms with van der Waals surface area (Å²) in [6.45, 7) is 7.36. The van der Waals surface area contributed by atoms with Gasteiger partial charge in [-0.3, -0.25) is 29.0 Å². The van der Waals surface area contributed by atoms with Crippen LogP contribution in [0.15, 0.2) is 60.2 Å². The fourth-order valence-electron chi connectivity index (χ4n) is 9.74. The van der Waals surface area contributed by atoms with Crippen LogP contribution in [-0.2, 0) is 9.59 Å². The fraction of sp³-hybridized carbons (Fsp3) is 0.524. The number of hydrogen-bond donors (Lipinski definition) is 0. The minimum atomic E-state index is -1.13. The van der Waals surface area contributed by atoms with Gasteiger partial charge in [0.25, 0.3) is 11.8 Å². The molecule has 4 unspecified atom stereocenters. The molecule has 2 heterocycles. The molecule has 2 saturated heterocycles. The van der Waals surface area contributed by atoms with E-state index in [1.165, 1.54) is 9.80 Å². The highest BCUT2D eigenvalue weighted by atomic mass is 16.2. The second kappa shape index (κ2) is 12.8. The lowest BCUT2D eigenvalue weighted by atomic mass is 9.47. The van der Waals surface area contributed by atoms with Gasteiger partial charge in [0.1, 0.15) is 11.1 Å². The molecular weight excluding hydrogens is 656 g/mol. The Morgan fingerprint density at radius 2 is 1.21 bits per heavy atom. The van der Waals surface area contributed by atoms with Gasteiger partial charge in [-0.1, -0.05) is 82.0 Å². The third-order valence-electron chi connectivity index (χ3n) is 13.7. The molecule has 10 heteroatoms. The first-order valence-electron chi connectivity index (χ1n) is 18.8. The van der Waals surface area contributed by atoms with Crippen molar-refractivity contribution in [3.05, 3.63) is 71.3 Å². The molecule has 6 amide bonds. The normalized spacial score (nSPS) is 29.0. The molecule has 2 aliphatic heterocycles. The lowest BCUT2D eigenvalue weighted by Gasteiger charge is -2.59. The largest absolute Gasteiger partial charge is 0.328 e. The lowest BCUT2D eigenvalue weighted by Crippen LogP contribution is -2.57. The molecule has 274 valence electrons. The number of amides is 6. The van der Waals surface area contributed by atoms with Crippen molar-refractivity contribution >= 4 is 35.4 Å². The molecule has 2 saturated carbocycles. The Morgan fingerprint density at radius 3 is 1.73 bits per heavy atom. The van der Waals surface area contributed by atoms with E-state index in [-0.39, 0.29) is 53.7 Å². The summed E-state index contributed by atoms with van der Waals surface area (Å²) in [4.78, 5) is 87.1. The van der Waals surface area contributed by atoms with Crippen molar-refractivity contribution in [2.24, 2.45) is 23.2 Å². The third-order valence-corrected chi connectivity index (χ3v) is 13.7. The minimum Gasteiger partial charge on any atom is -0.313 e. The number of urea groups is 2. The van der Waals surface area contributed by atoms with E-state index >= 15 is 0 Å². The zero-order valence-electron chi connectivity index (χ0n) is 31.2. The van der Waals surface area contributed by atoms with E-state index in [4.69, 9.17) is 0 Å². The highest BCUT2D eigenvalue weighted by Gasteiger charge is 2.62. The number of fused-ring (bicyclic) bond motifs is 1. The monoisotopic (exact) mass is 706 g/mol. The Bertz CT molecular complexity index is 1910. The van der Waals surface area contributed by atoms with Crippen LogP contribution in [0.5, 0.6) is 0 Å². The summed E-state index contributed by atoms with van der Waals surface area (Å²) in [7, 11) is 3.30. The predicted molar refractivity (Wildman–Crippen MR) is 196 cm³/mol. The topological polar surface area (TPSA) is 115 Å². The summed E-state index contributed by atoms with van der Waals surface area (Å²) >= 11 is 0. The number of allylic oxidation sites excluding steroid dienone is 1. The molecule has 0 N–H and O–H groups in total. The lowest BCUT2D eigenvalue weighted by molar-refractivity contribution is -0.134. The number of carbonyl (C=O) groups is 6. The molecule has 6 aliphatic rings. The first-order chi connectivity index (χ1) is 24.6. The van der Waals surface area contributed by atoms with Gasteiger partial charge < -0.3 is 9.80 Å². The zero-order valence-corrected chi connectivity index (χ0v) is 31.2.